The van der Waals surface area contributed by atoms with Crippen LogP contribution in [0.5, 0.6) is 11.5 Å². The number of phenolic OH excluding ortho intramolecular Hbond substituents is 1. The van der Waals surface area contributed by atoms with Gasteiger partial charge in [0, 0.05) is 11.6 Å². The summed E-state index contributed by atoms with van der Waals surface area (Å²) in [5, 5.41) is 10.5. The third-order valence-corrected chi connectivity index (χ3v) is 3.26. The molecule has 0 fully saturated rings. The Labute approximate surface area is 132 Å². The van der Waals surface area contributed by atoms with Gasteiger partial charge in [0.2, 0.25) is 0 Å². The summed E-state index contributed by atoms with van der Waals surface area (Å²) < 4.78 is 10.5. The van der Waals surface area contributed by atoms with Gasteiger partial charge in [-0.1, -0.05) is 18.2 Å². The largest absolute Gasteiger partial charge is 0.504 e. The zero-order valence-corrected chi connectivity index (χ0v) is 12.5. The lowest BCUT2D eigenvalue weighted by Crippen LogP contribution is -1.98. The first-order chi connectivity index (χ1) is 11.2. The first-order valence-corrected chi connectivity index (χ1v) is 7.20. The summed E-state index contributed by atoms with van der Waals surface area (Å²) in [7, 11) is 0. The molecule has 3 rings (SSSR count). The van der Waals surface area contributed by atoms with E-state index in [-0.39, 0.29) is 11.4 Å². The van der Waals surface area contributed by atoms with Gasteiger partial charge >= 0.3 is 5.63 Å². The van der Waals surface area contributed by atoms with Crippen LogP contribution in [0.3, 0.4) is 0 Å². The van der Waals surface area contributed by atoms with E-state index in [0.29, 0.717) is 23.5 Å². The number of nitrogens with zero attached hydrogens (tertiary/aromatic N) is 1. The predicted molar refractivity (Wildman–Crippen MR) is 89.0 cm³/mol. The SMILES string of the molecule is CCOc1cc(C=Nc2cc3ccccc3oc2=O)ccc1O. The second kappa shape index (κ2) is 6.36. The van der Waals surface area contributed by atoms with Gasteiger partial charge in [-0.05, 0) is 42.8 Å². The third-order valence-electron chi connectivity index (χ3n) is 3.26. The number of ether oxygens (including phenoxy) is 1. The average Bonchev–Trinajstić information content (AvgIpc) is 2.56. The molecule has 0 radical (unpaired) electrons. The number of para-hydroxylation sites is 1. The number of fused-ring (bicyclic) bond motifs is 1. The Bertz CT molecular complexity index is 928. The van der Waals surface area contributed by atoms with Crippen LogP contribution in [-0.4, -0.2) is 17.9 Å². The summed E-state index contributed by atoms with van der Waals surface area (Å²) in [6, 6.07) is 13.8. The Kier molecular flexibility index (Phi) is 4.10. The van der Waals surface area contributed by atoms with Crippen molar-refractivity contribution >= 4 is 22.9 Å². The minimum atomic E-state index is -0.497. The number of phenols is 1. The van der Waals surface area contributed by atoms with E-state index in [1.54, 1.807) is 30.3 Å². The van der Waals surface area contributed by atoms with Crippen LogP contribution in [0.2, 0.25) is 0 Å². The summed E-state index contributed by atoms with van der Waals surface area (Å²) in [5.74, 6) is 0.441. The molecule has 0 aliphatic heterocycles. The molecule has 0 aliphatic carbocycles. The minimum absolute atomic E-state index is 0.0641. The molecule has 0 bridgehead atoms. The second-order valence-electron chi connectivity index (χ2n) is 4.88. The summed E-state index contributed by atoms with van der Waals surface area (Å²) in [6.45, 7) is 2.28. The van der Waals surface area contributed by atoms with Crippen LogP contribution in [0.1, 0.15) is 12.5 Å². The maximum Gasteiger partial charge on any atom is 0.362 e. The lowest BCUT2D eigenvalue weighted by atomic mass is 10.2. The summed E-state index contributed by atoms with van der Waals surface area (Å²) >= 11 is 0. The lowest BCUT2D eigenvalue weighted by molar-refractivity contribution is 0.318. The average molecular weight is 309 g/mol. The van der Waals surface area contributed by atoms with Crippen LogP contribution in [0.15, 0.2) is 62.7 Å². The maximum atomic E-state index is 11.9. The van der Waals surface area contributed by atoms with Crippen molar-refractivity contribution in [3.8, 4) is 11.5 Å². The van der Waals surface area contributed by atoms with Crippen molar-refractivity contribution < 1.29 is 14.3 Å². The summed E-state index contributed by atoms with van der Waals surface area (Å²) in [5.41, 5.74) is 0.956. The maximum absolute atomic E-state index is 11.9. The molecule has 0 saturated heterocycles. The molecule has 0 aliphatic rings. The van der Waals surface area contributed by atoms with Crippen molar-refractivity contribution in [2.24, 2.45) is 4.99 Å². The molecule has 0 spiro atoms. The Morgan fingerprint density at radius 1 is 1.22 bits per heavy atom. The van der Waals surface area contributed by atoms with E-state index in [2.05, 4.69) is 4.99 Å². The second-order valence-corrected chi connectivity index (χ2v) is 4.88. The molecule has 3 aromatic rings. The normalized spacial score (nSPS) is 11.2. The molecule has 1 aromatic heterocycles. The van der Waals surface area contributed by atoms with Crippen molar-refractivity contribution in [3.05, 3.63) is 64.5 Å². The van der Waals surface area contributed by atoms with Gasteiger partial charge in [0.1, 0.15) is 11.3 Å². The number of benzene rings is 2. The van der Waals surface area contributed by atoms with E-state index in [1.165, 1.54) is 12.3 Å². The van der Waals surface area contributed by atoms with Gasteiger partial charge in [-0.15, -0.1) is 0 Å². The van der Waals surface area contributed by atoms with E-state index in [4.69, 9.17) is 9.15 Å². The first-order valence-electron chi connectivity index (χ1n) is 7.20. The minimum Gasteiger partial charge on any atom is -0.504 e. The Balaban J connectivity index is 1.95. The number of aliphatic imine (C=N–C) groups is 1. The van der Waals surface area contributed by atoms with Gasteiger partial charge in [-0.25, -0.2) is 9.79 Å². The molecule has 1 heterocycles. The molecule has 116 valence electrons. The fraction of sp³-hybridized carbons (Fsp3) is 0.111. The summed E-state index contributed by atoms with van der Waals surface area (Å²) in [6.07, 6.45) is 1.53. The lowest BCUT2D eigenvalue weighted by Gasteiger charge is -2.05. The monoisotopic (exact) mass is 309 g/mol. The molecule has 5 nitrogen and oxygen atoms in total. The highest BCUT2D eigenvalue weighted by molar-refractivity contribution is 5.85. The van der Waals surface area contributed by atoms with Crippen molar-refractivity contribution in [2.45, 2.75) is 6.92 Å². The predicted octanol–water partition coefficient (Wildman–Crippen LogP) is 3.65. The number of rotatable bonds is 4. The Morgan fingerprint density at radius 3 is 2.87 bits per heavy atom. The quantitative estimate of drug-likeness (QED) is 0.590. The highest BCUT2D eigenvalue weighted by atomic mass is 16.5. The molecule has 2 aromatic carbocycles. The highest BCUT2D eigenvalue weighted by Crippen LogP contribution is 2.26. The van der Waals surface area contributed by atoms with Gasteiger partial charge < -0.3 is 14.3 Å². The van der Waals surface area contributed by atoms with Crippen LogP contribution >= 0.6 is 0 Å². The Morgan fingerprint density at radius 2 is 2.04 bits per heavy atom. The topological polar surface area (TPSA) is 72.0 Å². The van der Waals surface area contributed by atoms with E-state index in [9.17, 15) is 9.90 Å². The molecule has 0 atom stereocenters. The van der Waals surface area contributed by atoms with Crippen LogP contribution in [0.4, 0.5) is 5.69 Å². The molecule has 0 amide bonds. The molecule has 23 heavy (non-hydrogen) atoms. The van der Waals surface area contributed by atoms with Crippen molar-refractivity contribution in [1.29, 1.82) is 0 Å². The Hall–Kier alpha value is -3.08. The number of hydrogen-bond acceptors (Lipinski definition) is 5. The van der Waals surface area contributed by atoms with Crippen LogP contribution in [-0.2, 0) is 0 Å². The molecular weight excluding hydrogens is 294 g/mol. The first kappa shape index (κ1) is 14.8. The van der Waals surface area contributed by atoms with E-state index >= 15 is 0 Å². The van der Waals surface area contributed by atoms with Crippen molar-refractivity contribution in [2.75, 3.05) is 6.61 Å². The van der Waals surface area contributed by atoms with Crippen LogP contribution in [0, 0.1) is 0 Å². The number of hydrogen-bond donors (Lipinski definition) is 1. The fourth-order valence-corrected chi connectivity index (χ4v) is 2.17. The zero-order valence-electron chi connectivity index (χ0n) is 12.5. The van der Waals surface area contributed by atoms with E-state index < -0.39 is 5.63 Å². The van der Waals surface area contributed by atoms with Crippen molar-refractivity contribution in [3.63, 3.8) is 0 Å². The van der Waals surface area contributed by atoms with Gasteiger partial charge in [0.15, 0.2) is 11.5 Å². The van der Waals surface area contributed by atoms with Crippen molar-refractivity contribution in [1.82, 2.24) is 0 Å². The van der Waals surface area contributed by atoms with E-state index in [0.717, 1.165) is 5.39 Å². The number of aromatic hydroxyl groups is 1. The van der Waals surface area contributed by atoms with Crippen LogP contribution < -0.4 is 10.4 Å². The molecule has 0 saturated carbocycles. The smallest absolute Gasteiger partial charge is 0.362 e. The standard InChI is InChI=1S/C18H15NO4/c1-2-22-17-9-12(7-8-15(17)20)11-19-14-10-13-5-3-4-6-16(13)23-18(14)21/h3-11,20H,2H2,1H3. The fourth-order valence-electron chi connectivity index (χ4n) is 2.17. The third kappa shape index (κ3) is 3.23. The van der Waals surface area contributed by atoms with Gasteiger partial charge in [0.05, 0.1) is 6.61 Å². The molecular formula is C18H15NO4. The van der Waals surface area contributed by atoms with E-state index in [1.807, 2.05) is 19.1 Å². The van der Waals surface area contributed by atoms with Gasteiger partial charge in [0.25, 0.3) is 0 Å². The van der Waals surface area contributed by atoms with Gasteiger partial charge in [-0.3, -0.25) is 0 Å². The molecule has 0 unspecified atom stereocenters. The highest BCUT2D eigenvalue weighted by Gasteiger charge is 2.04. The van der Waals surface area contributed by atoms with Gasteiger partial charge in [-0.2, -0.15) is 0 Å². The van der Waals surface area contributed by atoms with Crippen LogP contribution in [0.25, 0.3) is 11.0 Å². The zero-order chi connectivity index (χ0) is 16.2. The summed E-state index contributed by atoms with van der Waals surface area (Å²) in [4.78, 5) is 16.1. The molecule has 5 heteroatoms. The molecule has 1 N–H and O–H groups in total.